The fourth-order valence-electron chi connectivity index (χ4n) is 2.27. The van der Waals surface area contributed by atoms with Crippen LogP contribution in [0.5, 0.6) is 11.5 Å². The highest BCUT2D eigenvalue weighted by Gasteiger charge is 2.09. The molecule has 0 aliphatic heterocycles. The lowest BCUT2D eigenvalue weighted by molar-refractivity contribution is 0.476. The van der Waals surface area contributed by atoms with E-state index in [0.29, 0.717) is 16.8 Å². The Labute approximate surface area is 132 Å². The highest BCUT2D eigenvalue weighted by molar-refractivity contribution is 6.32. The molecule has 112 valence electrons. The van der Waals surface area contributed by atoms with Crippen molar-refractivity contribution in [2.45, 2.75) is 32.7 Å². The Morgan fingerprint density at radius 1 is 1.10 bits per heavy atom. The first-order valence-corrected chi connectivity index (χ1v) is 7.88. The van der Waals surface area contributed by atoms with Crippen LogP contribution in [-0.2, 0) is 0 Å². The highest BCUT2D eigenvalue weighted by Crippen LogP contribution is 2.30. The summed E-state index contributed by atoms with van der Waals surface area (Å²) in [7, 11) is 0. The molecule has 1 atom stereocenters. The van der Waals surface area contributed by atoms with E-state index in [1.165, 1.54) is 5.56 Å². The van der Waals surface area contributed by atoms with Crippen LogP contribution in [-0.4, -0.2) is 6.54 Å². The van der Waals surface area contributed by atoms with Crippen LogP contribution in [0.15, 0.2) is 48.5 Å². The standard InChI is InChI=1S/C18H22ClNO/c1-3-12-20-17(4-2)14-8-7-9-15(13-14)21-18-11-6-5-10-16(18)19/h5-11,13,17,20H,3-4,12H2,1-2H3. The Morgan fingerprint density at radius 2 is 1.90 bits per heavy atom. The first-order chi connectivity index (χ1) is 10.2. The van der Waals surface area contributed by atoms with E-state index in [-0.39, 0.29) is 0 Å². The fourth-order valence-corrected chi connectivity index (χ4v) is 2.44. The number of halogens is 1. The molecular formula is C18H22ClNO. The minimum Gasteiger partial charge on any atom is -0.456 e. The zero-order chi connectivity index (χ0) is 15.1. The van der Waals surface area contributed by atoms with E-state index in [4.69, 9.17) is 16.3 Å². The maximum Gasteiger partial charge on any atom is 0.146 e. The van der Waals surface area contributed by atoms with Crippen molar-refractivity contribution in [2.75, 3.05) is 6.54 Å². The third kappa shape index (κ3) is 4.48. The van der Waals surface area contributed by atoms with Gasteiger partial charge in [-0.2, -0.15) is 0 Å². The van der Waals surface area contributed by atoms with Crippen LogP contribution in [0.3, 0.4) is 0 Å². The molecule has 3 heteroatoms. The Balaban J connectivity index is 2.15. The van der Waals surface area contributed by atoms with Crippen LogP contribution in [0.25, 0.3) is 0 Å². The van der Waals surface area contributed by atoms with Gasteiger partial charge in [-0.1, -0.05) is 49.7 Å². The number of rotatable bonds is 7. The van der Waals surface area contributed by atoms with Crippen LogP contribution >= 0.6 is 11.6 Å². The first-order valence-electron chi connectivity index (χ1n) is 7.50. The Morgan fingerprint density at radius 3 is 2.62 bits per heavy atom. The van der Waals surface area contributed by atoms with Gasteiger partial charge in [0.15, 0.2) is 0 Å². The minimum atomic E-state index is 0.361. The second kappa shape index (κ2) is 8.06. The maximum atomic E-state index is 6.13. The molecule has 0 fully saturated rings. The average molecular weight is 304 g/mol. The van der Waals surface area contributed by atoms with Gasteiger partial charge in [0.2, 0.25) is 0 Å². The van der Waals surface area contributed by atoms with E-state index < -0.39 is 0 Å². The molecule has 2 aromatic carbocycles. The summed E-state index contributed by atoms with van der Waals surface area (Å²) in [5.41, 5.74) is 1.25. The molecule has 0 heterocycles. The summed E-state index contributed by atoms with van der Waals surface area (Å²) in [4.78, 5) is 0. The van der Waals surface area contributed by atoms with Gasteiger partial charge in [0.05, 0.1) is 5.02 Å². The molecule has 0 saturated carbocycles. The molecule has 2 rings (SSSR count). The lowest BCUT2D eigenvalue weighted by Gasteiger charge is -2.18. The first kappa shape index (κ1) is 15.9. The molecule has 0 amide bonds. The van der Waals surface area contributed by atoms with Crippen LogP contribution in [0, 0.1) is 0 Å². The molecule has 0 aliphatic carbocycles. The van der Waals surface area contributed by atoms with Crippen molar-refractivity contribution in [3.63, 3.8) is 0 Å². The number of ether oxygens (including phenoxy) is 1. The average Bonchev–Trinajstić information content (AvgIpc) is 2.51. The summed E-state index contributed by atoms with van der Waals surface area (Å²) in [6.07, 6.45) is 2.18. The molecule has 0 aromatic heterocycles. The zero-order valence-electron chi connectivity index (χ0n) is 12.6. The van der Waals surface area contributed by atoms with E-state index in [2.05, 4.69) is 31.3 Å². The van der Waals surface area contributed by atoms with Gasteiger partial charge < -0.3 is 10.1 Å². The summed E-state index contributed by atoms with van der Waals surface area (Å²) < 4.78 is 5.89. The monoisotopic (exact) mass is 303 g/mol. The van der Waals surface area contributed by atoms with Gasteiger partial charge >= 0.3 is 0 Å². The van der Waals surface area contributed by atoms with E-state index in [0.717, 1.165) is 25.1 Å². The lowest BCUT2D eigenvalue weighted by atomic mass is 10.0. The van der Waals surface area contributed by atoms with Crippen molar-refractivity contribution < 1.29 is 4.74 Å². The molecule has 0 aliphatic rings. The quantitative estimate of drug-likeness (QED) is 0.720. The third-order valence-electron chi connectivity index (χ3n) is 3.37. The zero-order valence-corrected chi connectivity index (χ0v) is 13.4. The second-order valence-corrected chi connectivity index (χ2v) is 5.43. The SMILES string of the molecule is CCCNC(CC)c1cccc(Oc2ccccc2Cl)c1. The number of benzene rings is 2. The van der Waals surface area contributed by atoms with Gasteiger partial charge in [-0.05, 0) is 49.2 Å². The smallest absolute Gasteiger partial charge is 0.146 e. The summed E-state index contributed by atoms with van der Waals surface area (Å²) in [5.74, 6) is 1.50. The van der Waals surface area contributed by atoms with Crippen molar-refractivity contribution >= 4 is 11.6 Å². The van der Waals surface area contributed by atoms with Gasteiger partial charge in [0.25, 0.3) is 0 Å². The second-order valence-electron chi connectivity index (χ2n) is 5.02. The number of para-hydroxylation sites is 1. The molecule has 0 spiro atoms. The lowest BCUT2D eigenvalue weighted by Crippen LogP contribution is -2.21. The number of nitrogens with one attached hydrogen (secondary N) is 1. The minimum absolute atomic E-state index is 0.361. The number of hydrogen-bond acceptors (Lipinski definition) is 2. The Kier molecular flexibility index (Phi) is 6.09. The normalized spacial score (nSPS) is 12.1. The van der Waals surface area contributed by atoms with Crippen molar-refractivity contribution in [1.82, 2.24) is 5.32 Å². The molecular weight excluding hydrogens is 282 g/mol. The molecule has 0 saturated heterocycles. The summed E-state index contributed by atoms with van der Waals surface area (Å²) in [6, 6.07) is 16.1. The maximum absolute atomic E-state index is 6.13. The Bertz CT molecular complexity index is 571. The van der Waals surface area contributed by atoms with Gasteiger partial charge in [0.1, 0.15) is 11.5 Å². The molecule has 1 unspecified atom stereocenters. The molecule has 0 bridgehead atoms. The van der Waals surface area contributed by atoms with Crippen molar-refractivity contribution in [3.05, 3.63) is 59.1 Å². The summed E-state index contributed by atoms with van der Waals surface area (Å²) in [5, 5.41) is 4.18. The van der Waals surface area contributed by atoms with E-state index >= 15 is 0 Å². The molecule has 2 aromatic rings. The molecule has 2 nitrogen and oxygen atoms in total. The third-order valence-corrected chi connectivity index (χ3v) is 3.69. The molecule has 21 heavy (non-hydrogen) atoms. The number of hydrogen-bond donors (Lipinski definition) is 1. The predicted molar refractivity (Wildman–Crippen MR) is 89.3 cm³/mol. The van der Waals surface area contributed by atoms with E-state index in [1.54, 1.807) is 0 Å². The van der Waals surface area contributed by atoms with Crippen molar-refractivity contribution in [2.24, 2.45) is 0 Å². The topological polar surface area (TPSA) is 21.3 Å². The Hall–Kier alpha value is -1.51. The van der Waals surface area contributed by atoms with Crippen LogP contribution in [0.1, 0.15) is 38.3 Å². The van der Waals surface area contributed by atoms with Gasteiger partial charge in [-0.25, -0.2) is 0 Å². The van der Waals surface area contributed by atoms with Crippen LogP contribution in [0.4, 0.5) is 0 Å². The summed E-state index contributed by atoms with van der Waals surface area (Å²) >= 11 is 6.13. The van der Waals surface area contributed by atoms with Crippen LogP contribution < -0.4 is 10.1 Å². The highest BCUT2D eigenvalue weighted by atomic mass is 35.5. The van der Waals surface area contributed by atoms with E-state index in [1.807, 2.05) is 36.4 Å². The van der Waals surface area contributed by atoms with Gasteiger partial charge in [0, 0.05) is 6.04 Å². The van der Waals surface area contributed by atoms with Crippen LogP contribution in [0.2, 0.25) is 5.02 Å². The molecule has 0 radical (unpaired) electrons. The van der Waals surface area contributed by atoms with Gasteiger partial charge in [-0.15, -0.1) is 0 Å². The van der Waals surface area contributed by atoms with Gasteiger partial charge in [-0.3, -0.25) is 0 Å². The largest absolute Gasteiger partial charge is 0.456 e. The van der Waals surface area contributed by atoms with Crippen molar-refractivity contribution in [3.8, 4) is 11.5 Å². The van der Waals surface area contributed by atoms with E-state index in [9.17, 15) is 0 Å². The fraction of sp³-hybridized carbons (Fsp3) is 0.333. The van der Waals surface area contributed by atoms with Crippen molar-refractivity contribution in [1.29, 1.82) is 0 Å². The molecule has 1 N–H and O–H groups in total. The predicted octanol–water partition coefficient (Wildman–Crippen LogP) is 5.58. The summed E-state index contributed by atoms with van der Waals surface area (Å²) in [6.45, 7) is 5.39.